The van der Waals surface area contributed by atoms with Crippen LogP contribution in [0.1, 0.15) is 73.8 Å². The molecule has 6 N–H and O–H groups in total. The first kappa shape index (κ1) is 52.1. The van der Waals surface area contributed by atoms with Crippen molar-refractivity contribution >= 4 is 63.5 Å². The number of aliphatic hydroxyl groups is 1. The smallest absolute Gasteiger partial charge is 0.419 e. The molecule has 0 spiro atoms. The van der Waals surface area contributed by atoms with Gasteiger partial charge in [-0.15, -0.1) is 11.3 Å². The van der Waals surface area contributed by atoms with Crippen LogP contribution in [0.3, 0.4) is 0 Å². The zero-order valence-corrected chi connectivity index (χ0v) is 41.6. The highest BCUT2D eigenvalue weighted by Crippen LogP contribution is 2.39. The molecule has 378 valence electrons. The van der Waals surface area contributed by atoms with Gasteiger partial charge in [-0.2, -0.15) is 13.2 Å². The molecule has 4 unspecified atom stereocenters. The molecule has 0 saturated carbocycles. The summed E-state index contributed by atoms with van der Waals surface area (Å²) < 4.78 is 48.1. The zero-order valence-electron chi connectivity index (χ0n) is 40.8. The number of carbonyl (C=O) groups excluding carboxylic acids is 4. The van der Waals surface area contributed by atoms with Crippen molar-refractivity contribution in [1.29, 1.82) is 0 Å². The van der Waals surface area contributed by atoms with Crippen LogP contribution in [0.2, 0.25) is 0 Å². The average molecular weight is 999 g/mol. The number of rotatable bonds is 16. The van der Waals surface area contributed by atoms with Gasteiger partial charge in [-0.05, 0) is 54.7 Å². The van der Waals surface area contributed by atoms with Crippen molar-refractivity contribution in [2.75, 3.05) is 69.0 Å². The summed E-state index contributed by atoms with van der Waals surface area (Å²) in [6, 6.07) is 18.6. The number of hydrogen-bond donors (Lipinski definition) is 6. The summed E-state index contributed by atoms with van der Waals surface area (Å²) in [7, 11) is 2.93. The van der Waals surface area contributed by atoms with Gasteiger partial charge >= 0.3 is 6.18 Å². The van der Waals surface area contributed by atoms with E-state index in [1.54, 1.807) is 35.0 Å². The van der Waals surface area contributed by atoms with Gasteiger partial charge in [-0.1, -0.05) is 57.2 Å². The number of nitrogens with one attached hydrogen (secondary N) is 5. The lowest BCUT2D eigenvalue weighted by Gasteiger charge is -2.37. The van der Waals surface area contributed by atoms with Crippen molar-refractivity contribution < 1.29 is 42.2 Å². The second kappa shape index (κ2) is 22.1. The van der Waals surface area contributed by atoms with Gasteiger partial charge in [-0.3, -0.25) is 24.1 Å². The maximum absolute atomic E-state index is 14.2. The fourth-order valence-electron chi connectivity index (χ4n) is 8.78. The van der Waals surface area contributed by atoms with E-state index in [4.69, 9.17) is 4.74 Å². The molecule has 4 amide bonds. The Balaban J connectivity index is 0.924. The molecule has 2 fully saturated rings. The normalized spacial score (nSPS) is 17.3. The Morgan fingerprint density at radius 1 is 0.901 bits per heavy atom. The first-order valence-corrected chi connectivity index (χ1v) is 24.3. The third-order valence-electron chi connectivity index (χ3n) is 12.8. The van der Waals surface area contributed by atoms with Crippen molar-refractivity contribution in [3.8, 4) is 16.2 Å². The van der Waals surface area contributed by atoms with E-state index in [0.717, 1.165) is 33.6 Å². The number of anilines is 5. The van der Waals surface area contributed by atoms with E-state index in [-0.39, 0.29) is 60.0 Å². The van der Waals surface area contributed by atoms with Gasteiger partial charge in [0, 0.05) is 83.2 Å². The quantitative estimate of drug-likeness (QED) is 0.0580. The minimum absolute atomic E-state index is 0.0285. The molecular formula is C51H61F3N10O6S. The summed E-state index contributed by atoms with van der Waals surface area (Å²) in [5, 5.41) is 25.1. The van der Waals surface area contributed by atoms with E-state index < -0.39 is 47.2 Å². The highest BCUT2D eigenvalue weighted by Gasteiger charge is 2.45. The van der Waals surface area contributed by atoms with Gasteiger partial charge in [0.2, 0.25) is 17.7 Å². The fourth-order valence-corrected chi connectivity index (χ4v) is 9.59. The number of methoxy groups -OCH3 is 1. The molecule has 0 radical (unpaired) electrons. The minimum Gasteiger partial charge on any atom is -0.494 e. The number of carbonyl (C=O) groups is 4. The predicted molar refractivity (Wildman–Crippen MR) is 268 cm³/mol. The number of hydrogen-bond acceptors (Lipinski definition) is 13. The number of β-amino-alcohol motifs (C(OH)–C–C–N with tert-alkyl or cyclic N) is 1. The number of aryl methyl sites for hydroxylation is 1. The fraction of sp³-hybridized carbons (Fsp3) is 0.412. The number of pyridine rings is 1. The second-order valence-corrected chi connectivity index (χ2v) is 19.7. The van der Waals surface area contributed by atoms with Crippen molar-refractivity contribution in [2.24, 2.45) is 5.41 Å². The molecule has 4 atom stereocenters. The number of nitrogens with zero attached hydrogens (tertiary/aromatic N) is 5. The van der Waals surface area contributed by atoms with E-state index in [2.05, 4.69) is 46.4 Å². The van der Waals surface area contributed by atoms with Gasteiger partial charge in [0.15, 0.2) is 0 Å². The number of ether oxygens (including phenoxy) is 1. The standard InChI is InChI=1S/C51H61F3N10O6S/c1-30(32-12-14-33(15-13-32)45-31(2)57-29-71-45)58-48(68)41-25-35(65)28-64(41)49(69)46(50(3,4)5)61-44(66)18-19-62-20-22-63(23-21-62)34-16-17-39(42(24-34)70-7)60-43-26-40(37(27-56-43)51(52,53)54)59-38-11-9-8-10-36(38)47(67)55-6/h8-17,24,26-27,29-30,35,41,46,65H,18-23,25,28H2,1-7H3,(H,55,67)(H,58,68)(H,61,66)(H2,56,59,60). The number of piperazine rings is 1. The summed E-state index contributed by atoms with van der Waals surface area (Å²) in [5.74, 6) is -1.04. The molecule has 4 heterocycles. The Labute approximate surface area is 415 Å². The molecular weight excluding hydrogens is 938 g/mol. The molecule has 3 aromatic carbocycles. The molecule has 2 aliphatic heterocycles. The first-order valence-electron chi connectivity index (χ1n) is 23.4. The summed E-state index contributed by atoms with van der Waals surface area (Å²) in [6.45, 7) is 12.4. The van der Waals surface area contributed by atoms with E-state index in [1.807, 2.05) is 71.0 Å². The summed E-state index contributed by atoms with van der Waals surface area (Å²) in [5.41, 5.74) is 4.34. The lowest BCUT2D eigenvalue weighted by molar-refractivity contribution is -0.144. The lowest BCUT2D eigenvalue weighted by Crippen LogP contribution is -2.58. The number of para-hydroxylation sites is 1. The maximum atomic E-state index is 14.2. The molecule has 5 aromatic rings. The minimum atomic E-state index is -4.73. The number of alkyl halides is 3. The van der Waals surface area contributed by atoms with Crippen molar-refractivity contribution in [3.63, 3.8) is 0 Å². The third-order valence-corrected chi connectivity index (χ3v) is 13.8. The van der Waals surface area contributed by atoms with Crippen LogP contribution in [0, 0.1) is 12.3 Å². The number of aliphatic hydroxyl groups excluding tert-OH is 1. The molecule has 2 saturated heterocycles. The molecule has 0 bridgehead atoms. The van der Waals surface area contributed by atoms with Crippen LogP contribution in [0.4, 0.5) is 41.7 Å². The Hall–Kier alpha value is -6.77. The number of thiazole rings is 1. The van der Waals surface area contributed by atoms with Crippen LogP contribution >= 0.6 is 11.3 Å². The third kappa shape index (κ3) is 12.6. The summed E-state index contributed by atoms with van der Waals surface area (Å²) in [6.07, 6.45) is -4.68. The monoisotopic (exact) mass is 998 g/mol. The SMILES string of the molecule is CNC(=O)c1ccccc1Nc1cc(Nc2ccc(N3CCN(CCC(=O)NC(C(=O)N4CC(O)CC4C(=O)NC(C)c4ccc(-c5scnc5C)cc4)C(C)(C)C)CC3)cc2OC)ncc1C(F)(F)F. The molecule has 7 rings (SSSR count). The number of benzene rings is 3. The van der Waals surface area contributed by atoms with Crippen LogP contribution in [0.5, 0.6) is 5.75 Å². The molecule has 20 heteroatoms. The van der Waals surface area contributed by atoms with E-state index in [0.29, 0.717) is 44.2 Å². The Bertz CT molecular complexity index is 2700. The highest BCUT2D eigenvalue weighted by atomic mass is 32.1. The highest BCUT2D eigenvalue weighted by molar-refractivity contribution is 7.13. The molecule has 71 heavy (non-hydrogen) atoms. The number of likely N-dealkylation sites (tertiary alicyclic amines) is 1. The number of aromatic nitrogens is 2. The van der Waals surface area contributed by atoms with Gasteiger partial charge in [0.1, 0.15) is 23.7 Å². The van der Waals surface area contributed by atoms with Gasteiger partial charge in [0.05, 0.1) is 63.5 Å². The van der Waals surface area contributed by atoms with Crippen LogP contribution in [-0.2, 0) is 20.6 Å². The van der Waals surface area contributed by atoms with Gasteiger partial charge < -0.3 is 46.2 Å². The topological polar surface area (TPSA) is 193 Å². The predicted octanol–water partition coefficient (Wildman–Crippen LogP) is 7.27. The number of amides is 4. The van der Waals surface area contributed by atoms with Crippen molar-refractivity contribution in [1.82, 2.24) is 35.7 Å². The zero-order chi connectivity index (χ0) is 51.2. The molecule has 16 nitrogen and oxygen atoms in total. The molecule has 0 aliphatic carbocycles. The second-order valence-electron chi connectivity index (χ2n) is 18.8. The maximum Gasteiger partial charge on any atom is 0.419 e. The van der Waals surface area contributed by atoms with Gasteiger partial charge in [0.25, 0.3) is 5.91 Å². The van der Waals surface area contributed by atoms with E-state index >= 15 is 0 Å². The van der Waals surface area contributed by atoms with E-state index in [9.17, 15) is 37.5 Å². The average Bonchev–Trinajstić information content (AvgIpc) is 3.97. The van der Waals surface area contributed by atoms with Crippen molar-refractivity contribution in [3.05, 3.63) is 107 Å². The van der Waals surface area contributed by atoms with Crippen LogP contribution in [0.15, 0.2) is 84.5 Å². The summed E-state index contributed by atoms with van der Waals surface area (Å²) >= 11 is 1.56. The van der Waals surface area contributed by atoms with Crippen LogP contribution in [0.25, 0.3) is 10.4 Å². The van der Waals surface area contributed by atoms with Crippen LogP contribution < -0.4 is 36.2 Å². The van der Waals surface area contributed by atoms with Crippen molar-refractivity contribution in [2.45, 2.75) is 77.9 Å². The lowest BCUT2D eigenvalue weighted by atomic mass is 9.85. The molecule has 2 aliphatic rings. The Morgan fingerprint density at radius 2 is 1.62 bits per heavy atom. The first-order chi connectivity index (χ1) is 33.7. The van der Waals surface area contributed by atoms with E-state index in [1.165, 1.54) is 37.3 Å². The van der Waals surface area contributed by atoms with Crippen LogP contribution in [-0.4, -0.2) is 120 Å². The van der Waals surface area contributed by atoms with Gasteiger partial charge in [-0.25, -0.2) is 9.97 Å². The Morgan fingerprint density at radius 3 is 2.27 bits per heavy atom. The summed E-state index contributed by atoms with van der Waals surface area (Å²) in [4.78, 5) is 69.2. The largest absolute Gasteiger partial charge is 0.494 e. The number of halogens is 3. The molecule has 2 aromatic heterocycles. The Kier molecular flexibility index (Phi) is 16.2.